The lowest BCUT2D eigenvalue weighted by atomic mass is 10.2. The molecule has 1 saturated heterocycles. The monoisotopic (exact) mass is 281 g/mol. The molecule has 0 saturated carbocycles. The van der Waals surface area contributed by atoms with E-state index < -0.39 is 0 Å². The van der Waals surface area contributed by atoms with E-state index in [0.717, 1.165) is 35.8 Å². The normalized spacial score (nSPS) is 16.6. The zero-order valence-corrected chi connectivity index (χ0v) is 12.0. The van der Waals surface area contributed by atoms with Crippen molar-refractivity contribution in [1.82, 2.24) is 9.88 Å². The highest BCUT2D eigenvalue weighted by molar-refractivity contribution is 7.15. The molecule has 104 valence electrons. The molecule has 2 heterocycles. The third-order valence-corrected chi connectivity index (χ3v) is 3.97. The van der Waals surface area contributed by atoms with Gasteiger partial charge in [0.25, 0.3) is 0 Å². The number of rotatable bonds is 5. The second kappa shape index (κ2) is 6.65. The number of carbonyl (C=O) groups excluding carboxylic acids is 2. The van der Waals surface area contributed by atoms with Gasteiger partial charge in [0.2, 0.25) is 11.8 Å². The molecule has 0 aliphatic carbocycles. The Bertz CT molecular complexity index is 440. The van der Waals surface area contributed by atoms with Crippen LogP contribution in [0.1, 0.15) is 43.9 Å². The van der Waals surface area contributed by atoms with E-state index >= 15 is 0 Å². The van der Waals surface area contributed by atoms with E-state index in [1.54, 1.807) is 6.20 Å². The third kappa shape index (κ3) is 3.76. The maximum Gasteiger partial charge on any atom is 0.229 e. The maximum absolute atomic E-state index is 11.9. The van der Waals surface area contributed by atoms with Gasteiger partial charge in [-0.15, -0.1) is 11.3 Å². The molecule has 1 aromatic heterocycles. The summed E-state index contributed by atoms with van der Waals surface area (Å²) < 4.78 is 0. The first-order valence-electron chi connectivity index (χ1n) is 6.72. The number of likely N-dealkylation sites (tertiary alicyclic amines) is 1. The van der Waals surface area contributed by atoms with Gasteiger partial charge in [-0.1, -0.05) is 6.92 Å². The molecule has 0 atom stereocenters. The van der Waals surface area contributed by atoms with Crippen LogP contribution in [0.15, 0.2) is 6.20 Å². The van der Waals surface area contributed by atoms with Crippen molar-refractivity contribution in [1.29, 1.82) is 0 Å². The summed E-state index contributed by atoms with van der Waals surface area (Å²) >= 11 is 1.51. The van der Waals surface area contributed by atoms with E-state index in [-0.39, 0.29) is 11.8 Å². The fourth-order valence-corrected chi connectivity index (χ4v) is 2.81. The first kappa shape index (κ1) is 14.0. The predicted octanol–water partition coefficient (Wildman–Crippen LogP) is 2.39. The highest BCUT2D eigenvalue weighted by atomic mass is 32.1. The second-order valence-electron chi connectivity index (χ2n) is 4.64. The Morgan fingerprint density at radius 2 is 2.00 bits per heavy atom. The van der Waals surface area contributed by atoms with Crippen LogP contribution >= 0.6 is 11.3 Å². The van der Waals surface area contributed by atoms with Crippen molar-refractivity contribution in [3.63, 3.8) is 0 Å². The van der Waals surface area contributed by atoms with Crippen LogP contribution in [0.5, 0.6) is 0 Å². The van der Waals surface area contributed by atoms with E-state index in [0.29, 0.717) is 19.4 Å². The Labute approximate surface area is 117 Å². The van der Waals surface area contributed by atoms with Crippen molar-refractivity contribution in [2.24, 2.45) is 0 Å². The number of aromatic nitrogens is 1. The summed E-state index contributed by atoms with van der Waals surface area (Å²) in [6.45, 7) is 3.34. The van der Waals surface area contributed by atoms with Crippen LogP contribution in [0.25, 0.3) is 0 Å². The Morgan fingerprint density at radius 1 is 1.32 bits per heavy atom. The van der Waals surface area contributed by atoms with Gasteiger partial charge in [0.1, 0.15) is 0 Å². The molecule has 1 aliphatic rings. The Balaban J connectivity index is 2.00. The average molecular weight is 281 g/mol. The van der Waals surface area contributed by atoms with Gasteiger partial charge in [-0.2, -0.15) is 0 Å². The van der Waals surface area contributed by atoms with Gasteiger partial charge < -0.3 is 5.32 Å². The lowest BCUT2D eigenvalue weighted by Gasteiger charge is -2.17. The molecular weight excluding hydrogens is 262 g/mol. The van der Waals surface area contributed by atoms with E-state index in [4.69, 9.17) is 0 Å². The van der Waals surface area contributed by atoms with Gasteiger partial charge in [-0.25, -0.2) is 4.98 Å². The minimum atomic E-state index is -0.0565. The number of nitrogens with one attached hydrogen (secondary N) is 1. The van der Waals surface area contributed by atoms with E-state index in [2.05, 4.69) is 17.2 Å². The molecule has 6 heteroatoms. The molecule has 0 bridgehead atoms. The van der Waals surface area contributed by atoms with Crippen LogP contribution in [0.3, 0.4) is 0 Å². The second-order valence-corrected chi connectivity index (χ2v) is 5.75. The van der Waals surface area contributed by atoms with Gasteiger partial charge in [0.05, 0.1) is 6.54 Å². The zero-order valence-electron chi connectivity index (χ0n) is 11.1. The van der Waals surface area contributed by atoms with Crippen LogP contribution in [0, 0.1) is 0 Å². The molecule has 2 amide bonds. The van der Waals surface area contributed by atoms with Gasteiger partial charge in [0.15, 0.2) is 5.13 Å². The summed E-state index contributed by atoms with van der Waals surface area (Å²) in [7, 11) is 0. The number of amides is 2. The number of thiazole rings is 1. The van der Waals surface area contributed by atoms with E-state index in [1.165, 1.54) is 16.2 Å². The molecule has 0 unspecified atom stereocenters. The summed E-state index contributed by atoms with van der Waals surface area (Å²) in [4.78, 5) is 30.3. The Morgan fingerprint density at radius 3 is 2.63 bits per heavy atom. The fraction of sp³-hybridized carbons (Fsp3) is 0.615. The molecule has 1 aromatic rings. The maximum atomic E-state index is 11.9. The quantitative estimate of drug-likeness (QED) is 0.842. The minimum Gasteiger partial charge on any atom is -0.362 e. The largest absolute Gasteiger partial charge is 0.362 e. The topological polar surface area (TPSA) is 62.3 Å². The van der Waals surface area contributed by atoms with Crippen LogP contribution in [-0.2, 0) is 16.1 Å². The number of nitrogens with zero attached hydrogens (tertiary/aromatic N) is 2. The highest BCUT2D eigenvalue weighted by Gasteiger charge is 2.24. The standard InChI is InChI=1S/C13H19N3O2S/c1-2-7-14-13-15-8-10(19-13)9-16-11(17)5-3-4-6-12(16)18/h8H,2-7,9H2,1H3,(H,14,15). The average Bonchev–Trinajstić information content (AvgIpc) is 2.79. The molecule has 0 radical (unpaired) electrons. The summed E-state index contributed by atoms with van der Waals surface area (Å²) in [6.07, 6.45) is 5.36. The number of hydrogen-bond donors (Lipinski definition) is 1. The van der Waals surface area contributed by atoms with Crippen molar-refractivity contribution < 1.29 is 9.59 Å². The molecule has 19 heavy (non-hydrogen) atoms. The smallest absolute Gasteiger partial charge is 0.229 e. The van der Waals surface area contributed by atoms with Gasteiger partial charge in [0, 0.05) is 30.5 Å². The van der Waals surface area contributed by atoms with Crippen LogP contribution in [-0.4, -0.2) is 28.2 Å². The SMILES string of the molecule is CCCNc1ncc(CN2C(=O)CCCCC2=O)s1. The zero-order chi connectivity index (χ0) is 13.7. The Kier molecular flexibility index (Phi) is 4.90. The van der Waals surface area contributed by atoms with Crippen molar-refractivity contribution in [3.05, 3.63) is 11.1 Å². The first-order chi connectivity index (χ1) is 9.20. The molecule has 2 rings (SSSR count). The number of imide groups is 1. The van der Waals surface area contributed by atoms with Crippen LogP contribution in [0.2, 0.25) is 0 Å². The third-order valence-electron chi connectivity index (χ3n) is 3.03. The van der Waals surface area contributed by atoms with Crippen LogP contribution < -0.4 is 5.32 Å². The van der Waals surface area contributed by atoms with Crippen molar-refractivity contribution >= 4 is 28.3 Å². The fourth-order valence-electron chi connectivity index (χ4n) is 1.99. The van der Waals surface area contributed by atoms with Crippen molar-refractivity contribution in [3.8, 4) is 0 Å². The van der Waals surface area contributed by atoms with Crippen molar-refractivity contribution in [2.75, 3.05) is 11.9 Å². The lowest BCUT2D eigenvalue weighted by Crippen LogP contribution is -2.34. The summed E-state index contributed by atoms with van der Waals surface area (Å²) in [5.41, 5.74) is 0. The lowest BCUT2D eigenvalue weighted by molar-refractivity contribution is -0.144. The molecular formula is C13H19N3O2S. The van der Waals surface area contributed by atoms with E-state index in [9.17, 15) is 9.59 Å². The molecule has 0 aromatic carbocycles. The summed E-state index contributed by atoms with van der Waals surface area (Å²) in [5, 5.41) is 4.06. The first-order valence-corrected chi connectivity index (χ1v) is 7.54. The van der Waals surface area contributed by atoms with Gasteiger partial charge >= 0.3 is 0 Å². The number of anilines is 1. The highest BCUT2D eigenvalue weighted by Crippen LogP contribution is 2.22. The summed E-state index contributed by atoms with van der Waals surface area (Å²) in [5.74, 6) is -0.113. The van der Waals surface area contributed by atoms with Gasteiger partial charge in [-0.05, 0) is 19.3 Å². The molecule has 1 aliphatic heterocycles. The number of hydrogen-bond acceptors (Lipinski definition) is 5. The van der Waals surface area contributed by atoms with E-state index in [1.807, 2.05) is 0 Å². The van der Waals surface area contributed by atoms with Gasteiger partial charge in [-0.3, -0.25) is 14.5 Å². The molecule has 1 fully saturated rings. The van der Waals surface area contributed by atoms with Crippen molar-refractivity contribution in [2.45, 2.75) is 45.6 Å². The predicted molar refractivity (Wildman–Crippen MR) is 74.9 cm³/mol. The Hall–Kier alpha value is -1.43. The molecule has 5 nitrogen and oxygen atoms in total. The van der Waals surface area contributed by atoms with Crippen LogP contribution in [0.4, 0.5) is 5.13 Å². The number of carbonyl (C=O) groups is 2. The minimum absolute atomic E-state index is 0.0565. The molecule has 0 spiro atoms. The summed E-state index contributed by atoms with van der Waals surface area (Å²) in [6, 6.07) is 0. The molecule has 1 N–H and O–H groups in total.